The Morgan fingerprint density at radius 2 is 1.52 bits per heavy atom. The number of nitrogens with one attached hydrogen (secondary N) is 1. The lowest BCUT2D eigenvalue weighted by atomic mass is 9.76. The molecular weight excluding hydrogens is 554 g/mol. The second-order valence-corrected chi connectivity index (χ2v) is 11.9. The normalized spacial score (nSPS) is 11.6. The first-order valence-corrected chi connectivity index (χ1v) is 14.6. The van der Waals surface area contributed by atoms with Gasteiger partial charge in [-0.1, -0.05) is 65.3 Å². The third kappa shape index (κ3) is 7.71. The number of phenolic OH excluding ortho intramolecular Hbond substituents is 1. The number of ether oxygens (including phenoxy) is 2. The van der Waals surface area contributed by atoms with E-state index in [4.69, 9.17) is 21.1 Å². The van der Waals surface area contributed by atoms with Crippen LogP contribution in [0.1, 0.15) is 99.6 Å². The van der Waals surface area contributed by atoms with E-state index in [0.29, 0.717) is 5.75 Å². The molecule has 7 nitrogen and oxygen atoms in total. The summed E-state index contributed by atoms with van der Waals surface area (Å²) in [5.41, 5.74) is 2.42. The molecule has 42 heavy (non-hydrogen) atoms. The molecule has 224 valence electrons. The monoisotopic (exact) mass is 593 g/mol. The summed E-state index contributed by atoms with van der Waals surface area (Å²) in [6.07, 6.45) is 1.41. The first kappa shape index (κ1) is 32.7. The molecule has 0 saturated heterocycles. The number of halogens is 1. The number of hydrogen-bond acceptors (Lipinski definition) is 6. The van der Waals surface area contributed by atoms with E-state index in [0.717, 1.165) is 18.4 Å². The summed E-state index contributed by atoms with van der Waals surface area (Å²) in [6, 6.07) is 14.8. The zero-order valence-corrected chi connectivity index (χ0v) is 26.1. The number of esters is 1. The number of rotatable bonds is 12. The SMILES string of the molecule is CCOC(=O)CC(=O)c1ccc(Cl)c(NC(=O)c2cc(O)ccc2Oc2ccc(C(C)(C)CC)cc2C(C)(C)CC)c1. The summed E-state index contributed by atoms with van der Waals surface area (Å²) in [6.45, 7) is 14.8. The molecule has 3 rings (SSSR count). The smallest absolute Gasteiger partial charge is 0.313 e. The fourth-order valence-corrected chi connectivity index (χ4v) is 4.46. The Morgan fingerprint density at radius 1 is 0.857 bits per heavy atom. The Bertz CT molecular complexity index is 1480. The van der Waals surface area contributed by atoms with Gasteiger partial charge in [0.2, 0.25) is 0 Å². The van der Waals surface area contributed by atoms with E-state index < -0.39 is 24.1 Å². The van der Waals surface area contributed by atoms with Crippen molar-refractivity contribution in [3.63, 3.8) is 0 Å². The van der Waals surface area contributed by atoms with E-state index in [-0.39, 0.29) is 50.8 Å². The zero-order valence-electron chi connectivity index (χ0n) is 25.4. The maximum atomic E-state index is 13.5. The highest BCUT2D eigenvalue weighted by Crippen LogP contribution is 2.41. The van der Waals surface area contributed by atoms with Gasteiger partial charge in [-0.15, -0.1) is 0 Å². The Hall–Kier alpha value is -3.84. The van der Waals surface area contributed by atoms with Crippen molar-refractivity contribution >= 4 is 34.9 Å². The molecule has 0 aliphatic rings. The van der Waals surface area contributed by atoms with E-state index >= 15 is 0 Å². The third-order valence-corrected chi connectivity index (χ3v) is 8.16. The Labute approximate surface area is 253 Å². The van der Waals surface area contributed by atoms with Crippen molar-refractivity contribution in [1.29, 1.82) is 0 Å². The van der Waals surface area contributed by atoms with Crippen molar-refractivity contribution in [2.75, 3.05) is 11.9 Å². The highest BCUT2D eigenvalue weighted by Gasteiger charge is 2.28. The molecule has 0 spiro atoms. The van der Waals surface area contributed by atoms with E-state index in [9.17, 15) is 19.5 Å². The van der Waals surface area contributed by atoms with E-state index in [1.807, 2.05) is 12.1 Å². The van der Waals surface area contributed by atoms with Crippen LogP contribution < -0.4 is 10.1 Å². The zero-order chi connectivity index (χ0) is 31.2. The van der Waals surface area contributed by atoms with Gasteiger partial charge < -0.3 is 19.9 Å². The average Bonchev–Trinajstić information content (AvgIpc) is 2.95. The van der Waals surface area contributed by atoms with Crippen molar-refractivity contribution in [3.8, 4) is 17.2 Å². The van der Waals surface area contributed by atoms with Crippen LogP contribution in [0.15, 0.2) is 54.6 Å². The van der Waals surface area contributed by atoms with Gasteiger partial charge in [-0.05, 0) is 78.6 Å². The Morgan fingerprint density at radius 3 is 2.17 bits per heavy atom. The lowest BCUT2D eigenvalue weighted by Gasteiger charge is -2.30. The van der Waals surface area contributed by atoms with Crippen molar-refractivity contribution in [1.82, 2.24) is 0 Å². The van der Waals surface area contributed by atoms with E-state index in [1.165, 1.54) is 42.0 Å². The molecule has 0 aromatic heterocycles. The molecule has 0 heterocycles. The number of carbonyl (C=O) groups is 3. The van der Waals surface area contributed by atoms with Crippen LogP contribution in [0.25, 0.3) is 0 Å². The molecule has 2 N–H and O–H groups in total. The van der Waals surface area contributed by atoms with Gasteiger partial charge in [-0.25, -0.2) is 0 Å². The second kappa shape index (κ2) is 13.4. The van der Waals surface area contributed by atoms with Crippen LogP contribution in [0.3, 0.4) is 0 Å². The number of hydrogen-bond donors (Lipinski definition) is 2. The van der Waals surface area contributed by atoms with E-state index in [2.05, 4.69) is 52.9 Å². The first-order valence-electron chi connectivity index (χ1n) is 14.2. The summed E-state index contributed by atoms with van der Waals surface area (Å²) in [4.78, 5) is 37.9. The number of amides is 1. The van der Waals surface area contributed by atoms with Crippen molar-refractivity contribution in [2.45, 2.75) is 78.6 Å². The number of carbonyl (C=O) groups excluding carboxylic acids is 3. The molecule has 8 heteroatoms. The molecule has 0 bridgehead atoms. The quantitative estimate of drug-likeness (QED) is 0.124. The summed E-state index contributed by atoms with van der Waals surface area (Å²) < 4.78 is 11.2. The van der Waals surface area contributed by atoms with Gasteiger partial charge in [0.05, 0.1) is 22.9 Å². The number of Topliss-reactive ketones (excluding diaryl/α,β-unsaturated/α-hetero) is 1. The summed E-state index contributed by atoms with van der Waals surface area (Å²) in [7, 11) is 0. The van der Waals surface area contributed by atoms with Crippen LogP contribution in [0.2, 0.25) is 5.02 Å². The second-order valence-electron chi connectivity index (χ2n) is 11.5. The maximum absolute atomic E-state index is 13.5. The standard InChI is InChI=1S/C34H40ClNO6/c1-8-33(4,5)22-12-15-30(25(18-22)34(6,7)9-2)42-29-16-13-23(37)19-24(29)32(40)36-27-17-21(11-14-26(27)35)28(38)20-31(39)41-10-3/h11-19,37H,8-10,20H2,1-7H3,(H,36,40). The highest BCUT2D eigenvalue weighted by molar-refractivity contribution is 6.34. The van der Waals surface area contributed by atoms with Gasteiger partial charge in [0.25, 0.3) is 5.91 Å². The van der Waals surface area contributed by atoms with Gasteiger partial charge >= 0.3 is 5.97 Å². The molecule has 0 radical (unpaired) electrons. The van der Waals surface area contributed by atoms with Gasteiger partial charge in [0.15, 0.2) is 5.78 Å². The van der Waals surface area contributed by atoms with Crippen LogP contribution in [-0.4, -0.2) is 29.4 Å². The summed E-state index contributed by atoms with van der Waals surface area (Å²) in [5.74, 6) is -0.971. The van der Waals surface area contributed by atoms with Gasteiger partial charge in [-0.3, -0.25) is 14.4 Å². The van der Waals surface area contributed by atoms with Gasteiger partial charge in [0.1, 0.15) is 23.7 Å². The fraction of sp³-hybridized carbons (Fsp3) is 0.382. The number of benzene rings is 3. The molecule has 0 fully saturated rings. The minimum atomic E-state index is -0.638. The maximum Gasteiger partial charge on any atom is 0.313 e. The lowest BCUT2D eigenvalue weighted by molar-refractivity contribution is -0.141. The van der Waals surface area contributed by atoms with Crippen LogP contribution in [0.5, 0.6) is 17.2 Å². The molecule has 0 saturated carbocycles. The summed E-state index contributed by atoms with van der Waals surface area (Å²) >= 11 is 6.34. The van der Waals surface area contributed by atoms with Crippen molar-refractivity contribution < 1.29 is 29.0 Å². The van der Waals surface area contributed by atoms with Crippen LogP contribution in [0, 0.1) is 0 Å². The minimum absolute atomic E-state index is 0.0216. The fourth-order valence-electron chi connectivity index (χ4n) is 4.30. The lowest BCUT2D eigenvalue weighted by Crippen LogP contribution is -2.21. The molecule has 0 unspecified atom stereocenters. The molecule has 3 aromatic rings. The predicted molar refractivity (Wildman–Crippen MR) is 166 cm³/mol. The Kier molecular flexibility index (Phi) is 10.4. The number of anilines is 1. The van der Waals surface area contributed by atoms with Crippen LogP contribution >= 0.6 is 11.6 Å². The predicted octanol–water partition coefficient (Wildman–Crippen LogP) is 8.60. The van der Waals surface area contributed by atoms with Gasteiger partial charge in [-0.2, -0.15) is 0 Å². The van der Waals surface area contributed by atoms with Crippen molar-refractivity contribution in [3.05, 3.63) is 81.9 Å². The number of ketones is 1. The number of aromatic hydroxyl groups is 1. The van der Waals surface area contributed by atoms with Crippen LogP contribution in [0.4, 0.5) is 5.69 Å². The topological polar surface area (TPSA) is 102 Å². The molecule has 0 atom stereocenters. The minimum Gasteiger partial charge on any atom is -0.508 e. The molecule has 3 aromatic carbocycles. The molecule has 0 aliphatic carbocycles. The highest BCUT2D eigenvalue weighted by atomic mass is 35.5. The molecule has 1 amide bonds. The molecule has 0 aliphatic heterocycles. The van der Waals surface area contributed by atoms with Crippen LogP contribution in [-0.2, 0) is 20.4 Å². The largest absolute Gasteiger partial charge is 0.508 e. The van der Waals surface area contributed by atoms with E-state index in [1.54, 1.807) is 6.92 Å². The summed E-state index contributed by atoms with van der Waals surface area (Å²) in [5, 5.41) is 13.2. The first-order chi connectivity index (χ1) is 19.7. The van der Waals surface area contributed by atoms with Gasteiger partial charge in [0, 0.05) is 11.1 Å². The van der Waals surface area contributed by atoms with Crippen molar-refractivity contribution in [2.24, 2.45) is 0 Å². The number of phenols is 1. The average molecular weight is 594 g/mol. The molecular formula is C34H40ClNO6. The Balaban J connectivity index is 1.97. The third-order valence-electron chi connectivity index (χ3n) is 7.83.